The van der Waals surface area contributed by atoms with Gasteiger partial charge in [0.05, 0.1) is 13.2 Å². The molecule has 0 radical (unpaired) electrons. The molecule has 4 N–H and O–H groups in total. The lowest BCUT2D eigenvalue weighted by molar-refractivity contribution is -0.135. The summed E-state index contributed by atoms with van der Waals surface area (Å²) in [6.45, 7) is 13.7. The van der Waals surface area contributed by atoms with Crippen LogP contribution in [0.3, 0.4) is 0 Å². The van der Waals surface area contributed by atoms with E-state index in [-0.39, 0.29) is 13.2 Å². The lowest BCUT2D eigenvalue weighted by Gasteiger charge is -2.17. The topological polar surface area (TPSA) is 146 Å². The first-order chi connectivity index (χ1) is 24.3. The van der Waals surface area contributed by atoms with Gasteiger partial charge in [-0.3, -0.25) is 14.3 Å². The van der Waals surface area contributed by atoms with E-state index in [1.54, 1.807) is 24.0 Å². The average molecular weight is 678 g/mol. The number of rotatable bonds is 13. The van der Waals surface area contributed by atoms with Crippen LogP contribution in [-0.4, -0.2) is 70.3 Å². The molecule has 0 aliphatic heterocycles. The van der Waals surface area contributed by atoms with Crippen molar-refractivity contribution < 1.29 is 19.8 Å². The van der Waals surface area contributed by atoms with Crippen molar-refractivity contribution in [2.24, 2.45) is 10.2 Å². The van der Waals surface area contributed by atoms with Gasteiger partial charge in [-0.05, 0) is 89.2 Å². The molecule has 262 valence electrons. The van der Waals surface area contributed by atoms with Gasteiger partial charge < -0.3 is 25.4 Å². The second-order valence-corrected chi connectivity index (χ2v) is 11.0. The number of aliphatic hydroxyl groups is 1. The van der Waals surface area contributed by atoms with E-state index in [0.29, 0.717) is 24.4 Å². The fourth-order valence-corrected chi connectivity index (χ4v) is 5.38. The van der Waals surface area contributed by atoms with Gasteiger partial charge >= 0.3 is 5.97 Å². The van der Waals surface area contributed by atoms with Crippen LogP contribution in [0.2, 0.25) is 0 Å². The van der Waals surface area contributed by atoms with E-state index in [0.717, 1.165) is 24.0 Å². The van der Waals surface area contributed by atoms with Crippen LogP contribution in [0.1, 0.15) is 41.0 Å². The number of benzene rings is 3. The number of carboxylic acid groups (broad SMARTS) is 1. The molecule has 11 heteroatoms. The summed E-state index contributed by atoms with van der Waals surface area (Å²) in [6, 6.07) is 27.1. The van der Waals surface area contributed by atoms with Gasteiger partial charge in [-0.25, -0.2) is 0 Å². The fraction of sp³-hybridized carbons (Fsp3) is 0.256. The fourth-order valence-electron chi connectivity index (χ4n) is 5.38. The Bertz CT molecular complexity index is 1930. The van der Waals surface area contributed by atoms with Crippen molar-refractivity contribution in [3.05, 3.63) is 119 Å². The van der Waals surface area contributed by atoms with Gasteiger partial charge in [-0.2, -0.15) is 10.2 Å². The van der Waals surface area contributed by atoms with Crippen molar-refractivity contribution in [1.82, 2.24) is 25.0 Å². The quantitative estimate of drug-likeness (QED) is 0.0555. The average Bonchev–Trinajstić information content (AvgIpc) is 3.59. The van der Waals surface area contributed by atoms with Gasteiger partial charge in [0.15, 0.2) is 11.8 Å². The van der Waals surface area contributed by atoms with E-state index < -0.39 is 5.97 Å². The molecule has 0 aliphatic carbocycles. The minimum atomic E-state index is -0.822. The summed E-state index contributed by atoms with van der Waals surface area (Å²) < 4.78 is 3.58. The van der Waals surface area contributed by atoms with E-state index in [9.17, 15) is 9.59 Å². The number of nitrogens with one attached hydrogen (secondary N) is 2. The summed E-state index contributed by atoms with van der Waals surface area (Å²) in [4.78, 5) is 20.6. The molecule has 2 heterocycles. The highest BCUT2D eigenvalue weighted by Gasteiger charge is 2.14. The first-order valence-corrected chi connectivity index (χ1v) is 16.5. The SMILES string of the molecule is C=N/N=c1/cc(-c2cccc(-c3cccc(-c4ccc(CNCCO)cc4)c3C)c2C)ccn1Cn1ccc(C=O)n1.CC.CNCC(=O)O. The standard InChI is InChI=1S/C34H34N6O2.C3H7NO2.C2H6/c1-24-30(27-12-10-26(11-13-27)21-36-16-19-41)6-4-8-32(24)33-9-5-7-31(25(33)2)28-14-17-39(34(20-28)37-35-3)23-40-18-15-29(22-42)38-40;1-4-2-3(5)6;1-2/h4-15,17-18,20,22,36,41H,3,16,19,21,23H2,1-2H3;4H,2H2,1H3,(H,5,6);1-2H3/b37-34-;;. The predicted octanol–water partition coefficient (Wildman–Crippen LogP) is 5.54. The maximum Gasteiger partial charge on any atom is 0.317 e. The summed E-state index contributed by atoms with van der Waals surface area (Å²) in [5.74, 6) is -0.822. The Kier molecular flexibility index (Phi) is 15.7. The van der Waals surface area contributed by atoms with E-state index >= 15 is 0 Å². The highest BCUT2D eigenvalue weighted by Crippen LogP contribution is 2.36. The minimum absolute atomic E-state index is 0.0417. The molecule has 0 unspecified atom stereocenters. The highest BCUT2D eigenvalue weighted by atomic mass is 16.4. The molecule has 0 amide bonds. The van der Waals surface area contributed by atoms with Gasteiger partial charge in [0.1, 0.15) is 12.4 Å². The molecule has 0 atom stereocenters. The smallest absolute Gasteiger partial charge is 0.317 e. The lowest BCUT2D eigenvalue weighted by Crippen LogP contribution is -2.24. The molecule has 0 saturated heterocycles. The lowest BCUT2D eigenvalue weighted by atomic mass is 9.88. The van der Waals surface area contributed by atoms with Crippen LogP contribution in [0.4, 0.5) is 0 Å². The highest BCUT2D eigenvalue weighted by molar-refractivity contribution is 5.83. The summed E-state index contributed by atoms with van der Waals surface area (Å²) in [7, 11) is 1.59. The van der Waals surface area contributed by atoms with Crippen molar-refractivity contribution in [2.75, 3.05) is 26.7 Å². The van der Waals surface area contributed by atoms with Crippen molar-refractivity contribution in [1.29, 1.82) is 0 Å². The number of carbonyl (C=O) groups excluding carboxylic acids is 1. The Morgan fingerprint density at radius 1 is 0.900 bits per heavy atom. The number of carbonyl (C=O) groups is 2. The molecule has 5 rings (SSSR count). The predicted molar refractivity (Wildman–Crippen MR) is 200 cm³/mol. The first-order valence-electron chi connectivity index (χ1n) is 16.5. The molecule has 0 aliphatic rings. The molecule has 11 nitrogen and oxygen atoms in total. The van der Waals surface area contributed by atoms with Crippen LogP contribution in [0.25, 0.3) is 33.4 Å². The third kappa shape index (κ3) is 10.5. The number of carboxylic acids is 1. The van der Waals surface area contributed by atoms with Crippen LogP contribution >= 0.6 is 0 Å². The largest absolute Gasteiger partial charge is 0.480 e. The molecule has 50 heavy (non-hydrogen) atoms. The number of hydrogen-bond acceptors (Lipinski definition) is 8. The van der Waals surface area contributed by atoms with Gasteiger partial charge in [0, 0.05) is 32.2 Å². The summed E-state index contributed by atoms with van der Waals surface area (Å²) >= 11 is 0. The van der Waals surface area contributed by atoms with E-state index in [1.165, 1.54) is 38.9 Å². The van der Waals surface area contributed by atoms with Gasteiger partial charge in [0.25, 0.3) is 0 Å². The minimum Gasteiger partial charge on any atom is -0.480 e. The monoisotopic (exact) mass is 677 g/mol. The number of nitrogens with zero attached hydrogens (tertiary/aromatic N) is 5. The van der Waals surface area contributed by atoms with Gasteiger partial charge in [0.2, 0.25) is 0 Å². The normalized spacial score (nSPS) is 10.8. The molecule has 0 bridgehead atoms. The van der Waals surface area contributed by atoms with Gasteiger partial charge in [-0.1, -0.05) is 74.5 Å². The Hall–Kier alpha value is -5.49. The summed E-state index contributed by atoms with van der Waals surface area (Å²) in [5, 5.41) is 34.8. The van der Waals surface area contributed by atoms with Crippen LogP contribution in [0, 0.1) is 13.8 Å². The van der Waals surface area contributed by atoms with Crippen LogP contribution < -0.4 is 16.1 Å². The van der Waals surface area contributed by atoms with Crippen LogP contribution in [0.5, 0.6) is 0 Å². The second-order valence-electron chi connectivity index (χ2n) is 11.0. The first kappa shape index (κ1) is 39.0. The number of aliphatic carboxylic acids is 1. The Labute approximate surface area is 293 Å². The molecule has 0 spiro atoms. The maximum absolute atomic E-state index is 11.0. The van der Waals surface area contributed by atoms with E-state index in [2.05, 4.69) is 113 Å². The van der Waals surface area contributed by atoms with Crippen molar-refractivity contribution in [2.45, 2.75) is 40.9 Å². The number of likely N-dealkylation sites (N-methyl/N-ethyl adjacent to an activating group) is 1. The van der Waals surface area contributed by atoms with Crippen molar-refractivity contribution >= 4 is 19.0 Å². The summed E-state index contributed by atoms with van der Waals surface area (Å²) in [5.41, 5.74) is 11.4. The number of hydrogen-bond donors (Lipinski definition) is 4. The van der Waals surface area contributed by atoms with E-state index in [1.807, 2.05) is 30.7 Å². The molecule has 0 saturated carbocycles. The zero-order valence-corrected chi connectivity index (χ0v) is 29.4. The van der Waals surface area contributed by atoms with Crippen LogP contribution in [0.15, 0.2) is 101 Å². The molecular weight excluding hydrogens is 630 g/mol. The second kappa shape index (κ2) is 20.1. The number of aldehydes is 1. The van der Waals surface area contributed by atoms with Crippen molar-refractivity contribution in [3.8, 4) is 33.4 Å². The third-order valence-corrected chi connectivity index (χ3v) is 7.74. The molecule has 0 fully saturated rings. The Balaban J connectivity index is 0.000000765. The molecule has 2 aromatic heterocycles. The number of aromatic nitrogens is 3. The zero-order valence-electron chi connectivity index (χ0n) is 29.4. The molecular formula is C39H47N7O4. The third-order valence-electron chi connectivity index (χ3n) is 7.74. The molecule has 5 aromatic rings. The maximum atomic E-state index is 11.0. The summed E-state index contributed by atoms with van der Waals surface area (Å²) in [6.07, 6.45) is 4.43. The Morgan fingerprint density at radius 2 is 1.52 bits per heavy atom. The Morgan fingerprint density at radius 3 is 2.04 bits per heavy atom. The molecule has 3 aromatic carbocycles. The van der Waals surface area contributed by atoms with E-state index in [4.69, 9.17) is 10.2 Å². The van der Waals surface area contributed by atoms with Crippen LogP contribution in [-0.2, 0) is 18.0 Å². The van der Waals surface area contributed by atoms with Crippen molar-refractivity contribution in [3.63, 3.8) is 0 Å². The van der Waals surface area contributed by atoms with Gasteiger partial charge in [-0.15, -0.1) is 5.10 Å². The number of pyridine rings is 1. The number of aliphatic hydroxyl groups excluding tert-OH is 1. The zero-order chi connectivity index (χ0) is 36.5.